The number of para-hydroxylation sites is 1. The number of ether oxygens (including phenoxy) is 1. The highest BCUT2D eigenvalue weighted by Crippen LogP contribution is 2.36. The van der Waals surface area contributed by atoms with Crippen LogP contribution < -0.4 is 4.74 Å². The van der Waals surface area contributed by atoms with Gasteiger partial charge >= 0.3 is 5.97 Å². The minimum absolute atomic E-state index is 0.121. The second-order valence-corrected chi connectivity index (χ2v) is 4.80. The molecule has 0 bridgehead atoms. The van der Waals surface area contributed by atoms with Gasteiger partial charge in [0.1, 0.15) is 5.75 Å². The van der Waals surface area contributed by atoms with Crippen LogP contribution in [0.5, 0.6) is 5.75 Å². The van der Waals surface area contributed by atoms with Crippen molar-refractivity contribution in [3.05, 3.63) is 34.4 Å². The van der Waals surface area contributed by atoms with Crippen LogP contribution in [0.3, 0.4) is 0 Å². The molecule has 0 unspecified atom stereocenters. The van der Waals surface area contributed by atoms with E-state index in [1.165, 1.54) is 0 Å². The number of aryl methyl sites for hydroxylation is 1. The summed E-state index contributed by atoms with van der Waals surface area (Å²) in [5, 5.41) is 13.1. The van der Waals surface area contributed by atoms with Crippen LogP contribution in [0.25, 0.3) is 11.3 Å². The summed E-state index contributed by atoms with van der Waals surface area (Å²) >= 11 is 3.43. The zero-order chi connectivity index (χ0) is 14.0. The highest BCUT2D eigenvalue weighted by molar-refractivity contribution is 9.10. The molecule has 0 radical (unpaired) electrons. The van der Waals surface area contributed by atoms with Crippen molar-refractivity contribution < 1.29 is 14.6 Å². The number of hydrogen-bond acceptors (Lipinski definition) is 3. The average molecular weight is 325 g/mol. The van der Waals surface area contributed by atoms with E-state index in [4.69, 9.17) is 9.84 Å². The van der Waals surface area contributed by atoms with E-state index < -0.39 is 5.97 Å². The van der Waals surface area contributed by atoms with Crippen molar-refractivity contribution in [3.63, 3.8) is 0 Å². The van der Waals surface area contributed by atoms with Crippen LogP contribution in [0.2, 0.25) is 0 Å². The fraction of sp³-hybridized carbons (Fsp3) is 0.231. The smallest absolute Gasteiger partial charge is 0.309 e. The number of aliphatic carboxylic acids is 1. The summed E-state index contributed by atoms with van der Waals surface area (Å²) < 4.78 is 7.66. The molecule has 0 saturated heterocycles. The van der Waals surface area contributed by atoms with Gasteiger partial charge in [-0.25, -0.2) is 0 Å². The molecule has 0 fully saturated rings. The van der Waals surface area contributed by atoms with Crippen molar-refractivity contribution in [2.75, 3.05) is 7.11 Å². The Balaban J connectivity index is 2.56. The zero-order valence-electron chi connectivity index (χ0n) is 10.6. The third kappa shape index (κ3) is 2.63. The first-order valence-corrected chi connectivity index (χ1v) is 6.40. The SMILES string of the molecule is COc1ccccc1-c1c(Br)c(CC(=O)O)nn1C. The largest absolute Gasteiger partial charge is 0.496 e. The number of carboxylic acid groups (broad SMARTS) is 1. The monoisotopic (exact) mass is 324 g/mol. The van der Waals surface area contributed by atoms with Gasteiger partial charge in [0.2, 0.25) is 0 Å². The second kappa shape index (κ2) is 5.44. The van der Waals surface area contributed by atoms with Crippen molar-refractivity contribution in [1.29, 1.82) is 0 Å². The van der Waals surface area contributed by atoms with Gasteiger partial charge in [-0.1, -0.05) is 12.1 Å². The highest BCUT2D eigenvalue weighted by Gasteiger charge is 2.19. The van der Waals surface area contributed by atoms with Gasteiger partial charge in [-0.05, 0) is 28.1 Å². The molecule has 1 N–H and O–H groups in total. The summed E-state index contributed by atoms with van der Waals surface area (Å²) in [5.41, 5.74) is 2.16. The van der Waals surface area contributed by atoms with Crippen molar-refractivity contribution in [2.24, 2.45) is 7.05 Å². The normalized spacial score (nSPS) is 10.5. The number of methoxy groups -OCH3 is 1. The van der Waals surface area contributed by atoms with E-state index in [1.54, 1.807) is 18.8 Å². The molecular weight excluding hydrogens is 312 g/mol. The molecule has 0 amide bonds. The number of nitrogens with zero attached hydrogens (tertiary/aromatic N) is 2. The van der Waals surface area contributed by atoms with Crippen LogP contribution in [0.15, 0.2) is 28.7 Å². The van der Waals surface area contributed by atoms with Gasteiger partial charge in [0.25, 0.3) is 0 Å². The molecular formula is C13H13BrN2O3. The summed E-state index contributed by atoms with van der Waals surface area (Å²) in [6.45, 7) is 0. The maximum atomic E-state index is 10.8. The predicted octanol–water partition coefficient (Wildman–Crippen LogP) is 2.49. The lowest BCUT2D eigenvalue weighted by molar-refractivity contribution is -0.136. The van der Waals surface area contributed by atoms with Crippen molar-refractivity contribution in [1.82, 2.24) is 9.78 Å². The standard InChI is InChI=1S/C13H13BrN2O3/c1-16-13(8-5-3-4-6-10(8)19-2)12(14)9(15-16)7-11(17)18/h3-6H,7H2,1-2H3,(H,17,18). The van der Waals surface area contributed by atoms with E-state index in [9.17, 15) is 4.79 Å². The molecule has 19 heavy (non-hydrogen) atoms. The van der Waals surface area contributed by atoms with Crippen molar-refractivity contribution in [3.8, 4) is 17.0 Å². The number of carbonyl (C=O) groups is 1. The predicted molar refractivity (Wildman–Crippen MR) is 74.2 cm³/mol. The van der Waals surface area contributed by atoms with E-state index in [-0.39, 0.29) is 6.42 Å². The van der Waals surface area contributed by atoms with Gasteiger partial charge in [0.15, 0.2) is 0 Å². The minimum Gasteiger partial charge on any atom is -0.496 e. The van der Waals surface area contributed by atoms with E-state index in [1.807, 2.05) is 24.3 Å². The minimum atomic E-state index is -0.912. The molecule has 1 heterocycles. The van der Waals surface area contributed by atoms with Gasteiger partial charge in [0, 0.05) is 12.6 Å². The Morgan fingerprint density at radius 2 is 2.16 bits per heavy atom. The number of hydrogen-bond donors (Lipinski definition) is 1. The quantitative estimate of drug-likeness (QED) is 0.938. The van der Waals surface area contributed by atoms with E-state index in [0.717, 1.165) is 11.3 Å². The molecule has 0 spiro atoms. The van der Waals surface area contributed by atoms with Gasteiger partial charge < -0.3 is 9.84 Å². The molecule has 100 valence electrons. The first-order chi connectivity index (χ1) is 9.04. The van der Waals surface area contributed by atoms with E-state index in [0.29, 0.717) is 15.9 Å². The summed E-state index contributed by atoms with van der Waals surface area (Å²) in [6.07, 6.45) is -0.121. The summed E-state index contributed by atoms with van der Waals surface area (Å²) in [7, 11) is 3.37. The Hall–Kier alpha value is -1.82. The molecule has 0 atom stereocenters. The molecule has 1 aromatic heterocycles. The second-order valence-electron chi connectivity index (χ2n) is 4.00. The molecule has 6 heteroatoms. The molecule has 0 aliphatic rings. The van der Waals surface area contributed by atoms with Crippen molar-refractivity contribution in [2.45, 2.75) is 6.42 Å². The summed E-state index contributed by atoms with van der Waals surface area (Å²) in [6, 6.07) is 7.54. The zero-order valence-corrected chi connectivity index (χ0v) is 12.1. The lowest BCUT2D eigenvalue weighted by Gasteiger charge is -2.08. The van der Waals surface area contributed by atoms with Crippen LogP contribution in [0, 0.1) is 0 Å². The number of halogens is 1. The van der Waals surface area contributed by atoms with Crippen LogP contribution >= 0.6 is 15.9 Å². The third-order valence-corrected chi connectivity index (χ3v) is 3.57. The molecule has 0 aliphatic heterocycles. The number of benzene rings is 1. The van der Waals surface area contributed by atoms with E-state index in [2.05, 4.69) is 21.0 Å². The fourth-order valence-corrected chi connectivity index (χ4v) is 2.63. The first-order valence-electron chi connectivity index (χ1n) is 5.61. The van der Waals surface area contributed by atoms with Crippen LogP contribution in [0.1, 0.15) is 5.69 Å². The number of rotatable bonds is 4. The lowest BCUT2D eigenvalue weighted by Crippen LogP contribution is -2.02. The van der Waals surface area contributed by atoms with Crippen molar-refractivity contribution >= 4 is 21.9 Å². The third-order valence-electron chi connectivity index (χ3n) is 2.74. The van der Waals surface area contributed by atoms with Gasteiger partial charge in [-0.3, -0.25) is 9.48 Å². The molecule has 0 saturated carbocycles. The fourth-order valence-electron chi connectivity index (χ4n) is 1.94. The molecule has 2 aromatic rings. The van der Waals surface area contributed by atoms with Crippen LogP contribution in [-0.2, 0) is 18.3 Å². The first kappa shape index (κ1) is 13.6. The lowest BCUT2D eigenvalue weighted by atomic mass is 10.1. The Labute approximate surface area is 118 Å². The molecule has 5 nitrogen and oxygen atoms in total. The van der Waals surface area contributed by atoms with Crippen LogP contribution in [-0.4, -0.2) is 28.0 Å². The molecule has 2 rings (SSSR count). The molecule has 1 aromatic carbocycles. The Bertz CT molecular complexity index is 622. The molecule has 0 aliphatic carbocycles. The topological polar surface area (TPSA) is 64.3 Å². The number of carboxylic acids is 1. The summed E-state index contributed by atoms with van der Waals surface area (Å²) in [5.74, 6) is -0.196. The van der Waals surface area contributed by atoms with Gasteiger partial charge in [-0.15, -0.1) is 0 Å². The van der Waals surface area contributed by atoms with E-state index >= 15 is 0 Å². The maximum absolute atomic E-state index is 10.8. The highest BCUT2D eigenvalue weighted by atomic mass is 79.9. The van der Waals surface area contributed by atoms with Gasteiger partial charge in [-0.2, -0.15) is 5.10 Å². The Morgan fingerprint density at radius 1 is 1.47 bits per heavy atom. The Morgan fingerprint density at radius 3 is 2.79 bits per heavy atom. The average Bonchev–Trinajstić information content (AvgIpc) is 2.64. The summed E-state index contributed by atoms with van der Waals surface area (Å²) in [4.78, 5) is 10.8. The maximum Gasteiger partial charge on any atom is 0.309 e. The van der Waals surface area contributed by atoms with Gasteiger partial charge in [0.05, 0.1) is 29.4 Å². The Kier molecular flexibility index (Phi) is 3.90. The number of aromatic nitrogens is 2. The van der Waals surface area contributed by atoms with Crippen LogP contribution in [0.4, 0.5) is 0 Å².